The highest BCUT2D eigenvalue weighted by Crippen LogP contribution is 2.29. The van der Waals surface area contributed by atoms with Gasteiger partial charge < -0.3 is 4.90 Å². The minimum absolute atomic E-state index is 0.0344. The van der Waals surface area contributed by atoms with Crippen LogP contribution < -0.4 is 9.62 Å². The third-order valence-electron chi connectivity index (χ3n) is 3.63. The summed E-state index contributed by atoms with van der Waals surface area (Å²) in [4.78, 5) is 6.87. The molecule has 0 unspecified atom stereocenters. The normalized spacial score (nSPS) is 19.3. The van der Waals surface area contributed by atoms with Crippen LogP contribution in [0.25, 0.3) is 11.3 Å². The Morgan fingerprint density at radius 1 is 1.32 bits per heavy atom. The molecule has 1 aliphatic rings. The van der Waals surface area contributed by atoms with Crippen molar-refractivity contribution in [2.45, 2.75) is 18.9 Å². The lowest BCUT2D eigenvalue weighted by atomic mass is 10.1. The van der Waals surface area contributed by atoms with Crippen molar-refractivity contribution < 1.29 is 8.42 Å². The molecule has 1 aliphatic heterocycles. The second-order valence-electron chi connectivity index (χ2n) is 5.56. The maximum atomic E-state index is 11.4. The lowest BCUT2D eigenvalue weighted by molar-refractivity contribution is 0.467. The molecule has 0 amide bonds. The number of hydrogen-bond acceptors (Lipinski definition) is 5. The van der Waals surface area contributed by atoms with E-state index in [1.165, 1.54) is 6.26 Å². The predicted octanol–water partition coefficient (Wildman–Crippen LogP) is 2.33. The third kappa shape index (κ3) is 3.85. The van der Waals surface area contributed by atoms with E-state index in [1.807, 2.05) is 30.3 Å². The Kier molecular flexibility index (Phi) is 4.46. The average Bonchev–Trinajstić information content (AvgIpc) is 2.96. The molecule has 1 saturated heterocycles. The van der Waals surface area contributed by atoms with Gasteiger partial charge in [-0.15, -0.1) is 11.3 Å². The first kappa shape index (κ1) is 15.5. The monoisotopic (exact) mass is 337 g/mol. The van der Waals surface area contributed by atoms with Gasteiger partial charge in [-0.1, -0.05) is 30.3 Å². The molecule has 118 valence electrons. The Labute approximate surface area is 135 Å². The van der Waals surface area contributed by atoms with Gasteiger partial charge in [0.25, 0.3) is 0 Å². The largest absolute Gasteiger partial charge is 0.346 e. The Hall–Kier alpha value is -1.44. The van der Waals surface area contributed by atoms with E-state index in [0.29, 0.717) is 6.54 Å². The van der Waals surface area contributed by atoms with Crippen molar-refractivity contribution in [3.63, 3.8) is 0 Å². The van der Waals surface area contributed by atoms with Crippen LogP contribution in [0.15, 0.2) is 35.7 Å². The van der Waals surface area contributed by atoms with Crippen LogP contribution in [-0.2, 0) is 10.0 Å². The van der Waals surface area contributed by atoms with E-state index in [0.717, 1.165) is 35.8 Å². The van der Waals surface area contributed by atoms with E-state index in [1.54, 1.807) is 11.3 Å². The number of benzene rings is 1. The van der Waals surface area contributed by atoms with E-state index in [9.17, 15) is 8.42 Å². The molecule has 2 aromatic rings. The highest BCUT2D eigenvalue weighted by molar-refractivity contribution is 7.88. The van der Waals surface area contributed by atoms with Crippen LogP contribution in [0.2, 0.25) is 0 Å². The molecular weight excluding hydrogens is 318 g/mol. The number of sulfonamides is 1. The van der Waals surface area contributed by atoms with Gasteiger partial charge in [0.05, 0.1) is 11.9 Å². The standard InChI is InChI=1S/C15H19N3O2S2/c1-22(19,20)17-13-8-5-9-18(10-13)15-16-14(11-21-15)12-6-3-2-4-7-12/h2-4,6-7,11,13,17H,5,8-10H2,1H3/t13-/m1/s1. The Morgan fingerprint density at radius 3 is 2.82 bits per heavy atom. The zero-order valence-electron chi connectivity index (χ0n) is 12.4. The van der Waals surface area contributed by atoms with Gasteiger partial charge in [0.15, 0.2) is 5.13 Å². The first-order valence-electron chi connectivity index (χ1n) is 7.24. The Balaban J connectivity index is 1.73. The van der Waals surface area contributed by atoms with Crippen LogP contribution in [0.1, 0.15) is 12.8 Å². The van der Waals surface area contributed by atoms with Crippen molar-refractivity contribution in [3.05, 3.63) is 35.7 Å². The van der Waals surface area contributed by atoms with Gasteiger partial charge in [0.2, 0.25) is 10.0 Å². The summed E-state index contributed by atoms with van der Waals surface area (Å²) in [6.45, 7) is 1.60. The molecule has 22 heavy (non-hydrogen) atoms. The molecule has 2 heterocycles. The molecule has 1 atom stereocenters. The van der Waals surface area contributed by atoms with Gasteiger partial charge in [-0.2, -0.15) is 0 Å². The van der Waals surface area contributed by atoms with Crippen LogP contribution >= 0.6 is 11.3 Å². The molecule has 5 nitrogen and oxygen atoms in total. The number of nitrogens with zero attached hydrogens (tertiary/aromatic N) is 2. The molecule has 0 radical (unpaired) electrons. The Bertz CT molecular complexity index is 728. The van der Waals surface area contributed by atoms with Gasteiger partial charge in [0, 0.05) is 30.1 Å². The molecule has 0 bridgehead atoms. The molecule has 1 N–H and O–H groups in total. The van der Waals surface area contributed by atoms with Crippen molar-refractivity contribution in [3.8, 4) is 11.3 Å². The minimum Gasteiger partial charge on any atom is -0.346 e. The number of hydrogen-bond donors (Lipinski definition) is 1. The Morgan fingerprint density at radius 2 is 2.09 bits per heavy atom. The smallest absolute Gasteiger partial charge is 0.209 e. The van der Waals surface area contributed by atoms with E-state index in [2.05, 4.69) is 15.0 Å². The molecule has 7 heteroatoms. The van der Waals surface area contributed by atoms with E-state index >= 15 is 0 Å². The average molecular weight is 337 g/mol. The van der Waals surface area contributed by atoms with Crippen molar-refractivity contribution in [2.75, 3.05) is 24.2 Å². The second kappa shape index (κ2) is 6.36. The lowest BCUT2D eigenvalue weighted by Crippen LogP contribution is -2.47. The summed E-state index contributed by atoms with van der Waals surface area (Å²) in [6.07, 6.45) is 3.05. The van der Waals surface area contributed by atoms with Crippen molar-refractivity contribution in [1.29, 1.82) is 0 Å². The number of thiazole rings is 1. The van der Waals surface area contributed by atoms with Crippen molar-refractivity contribution >= 4 is 26.5 Å². The summed E-state index contributed by atoms with van der Waals surface area (Å²) < 4.78 is 25.5. The lowest BCUT2D eigenvalue weighted by Gasteiger charge is -2.32. The van der Waals surface area contributed by atoms with Crippen LogP contribution in [-0.4, -0.2) is 38.8 Å². The van der Waals surface area contributed by atoms with Gasteiger partial charge in [-0.3, -0.25) is 0 Å². The quantitative estimate of drug-likeness (QED) is 0.930. The summed E-state index contributed by atoms with van der Waals surface area (Å²) in [7, 11) is -3.16. The van der Waals surface area contributed by atoms with E-state index in [4.69, 9.17) is 4.98 Å². The zero-order valence-corrected chi connectivity index (χ0v) is 14.0. The highest BCUT2D eigenvalue weighted by atomic mass is 32.2. The van der Waals surface area contributed by atoms with Gasteiger partial charge >= 0.3 is 0 Å². The zero-order chi connectivity index (χ0) is 15.6. The summed E-state index contributed by atoms with van der Waals surface area (Å²) in [5, 5.41) is 3.01. The van der Waals surface area contributed by atoms with Crippen molar-refractivity contribution in [2.24, 2.45) is 0 Å². The maximum Gasteiger partial charge on any atom is 0.209 e. The highest BCUT2D eigenvalue weighted by Gasteiger charge is 2.24. The van der Waals surface area contributed by atoms with Crippen LogP contribution in [0.5, 0.6) is 0 Å². The summed E-state index contributed by atoms with van der Waals surface area (Å²) in [5.74, 6) is 0. The van der Waals surface area contributed by atoms with E-state index < -0.39 is 10.0 Å². The third-order valence-corrected chi connectivity index (χ3v) is 5.30. The molecule has 0 spiro atoms. The SMILES string of the molecule is CS(=O)(=O)N[C@@H]1CCCN(c2nc(-c3ccccc3)cs2)C1. The molecule has 3 rings (SSSR count). The van der Waals surface area contributed by atoms with Gasteiger partial charge in [-0.25, -0.2) is 18.1 Å². The van der Waals surface area contributed by atoms with Gasteiger partial charge in [0.1, 0.15) is 0 Å². The first-order chi connectivity index (χ1) is 10.5. The maximum absolute atomic E-state index is 11.4. The van der Waals surface area contributed by atoms with Crippen molar-refractivity contribution in [1.82, 2.24) is 9.71 Å². The second-order valence-corrected chi connectivity index (χ2v) is 8.17. The number of anilines is 1. The molecule has 1 aromatic heterocycles. The fourth-order valence-electron chi connectivity index (χ4n) is 2.70. The number of rotatable bonds is 4. The summed E-state index contributed by atoms with van der Waals surface area (Å²) >= 11 is 1.61. The van der Waals surface area contributed by atoms with Crippen LogP contribution in [0, 0.1) is 0 Å². The van der Waals surface area contributed by atoms with Gasteiger partial charge in [-0.05, 0) is 12.8 Å². The number of aromatic nitrogens is 1. The van der Waals surface area contributed by atoms with Crippen LogP contribution in [0.3, 0.4) is 0 Å². The minimum atomic E-state index is -3.16. The molecule has 0 aliphatic carbocycles. The van der Waals surface area contributed by atoms with Crippen LogP contribution in [0.4, 0.5) is 5.13 Å². The number of piperidine rings is 1. The predicted molar refractivity (Wildman–Crippen MR) is 90.8 cm³/mol. The van der Waals surface area contributed by atoms with E-state index in [-0.39, 0.29) is 6.04 Å². The summed E-state index contributed by atoms with van der Waals surface area (Å²) in [5.41, 5.74) is 2.08. The topological polar surface area (TPSA) is 62.3 Å². The molecule has 0 saturated carbocycles. The summed E-state index contributed by atoms with van der Waals surface area (Å²) in [6, 6.07) is 10.0. The molecular formula is C15H19N3O2S2. The molecule has 1 fully saturated rings. The number of nitrogens with one attached hydrogen (secondary N) is 1. The first-order valence-corrected chi connectivity index (χ1v) is 10.0. The molecule has 1 aromatic carbocycles. The fourth-order valence-corrected chi connectivity index (χ4v) is 4.37. The fraction of sp³-hybridized carbons (Fsp3) is 0.400.